The molecule has 3 aromatic rings. The minimum absolute atomic E-state index is 0.0693. The zero-order chi connectivity index (χ0) is 16.7. The molecule has 1 atom stereocenters. The van der Waals surface area contributed by atoms with E-state index in [0.29, 0.717) is 6.42 Å². The van der Waals surface area contributed by atoms with Gasteiger partial charge in [0.15, 0.2) is 0 Å². The number of nitrogens with zero attached hydrogens (tertiary/aromatic N) is 2. The highest BCUT2D eigenvalue weighted by Crippen LogP contribution is 2.42. The Bertz CT molecular complexity index is 882. The zero-order valence-corrected chi connectivity index (χ0v) is 14.4. The molecule has 2 N–H and O–H groups in total. The SMILES string of the molecule is CN(C)c1ccc2c(c1)NC(=O)CC2c1ccc(-c2ccn[nH]2)s1. The van der Waals surface area contributed by atoms with Crippen molar-refractivity contribution >= 4 is 28.6 Å². The molecule has 1 amide bonds. The molecule has 0 saturated heterocycles. The number of anilines is 2. The Balaban J connectivity index is 1.73. The van der Waals surface area contributed by atoms with Crippen molar-refractivity contribution in [2.24, 2.45) is 0 Å². The summed E-state index contributed by atoms with van der Waals surface area (Å²) >= 11 is 1.71. The number of benzene rings is 1. The van der Waals surface area contributed by atoms with E-state index in [0.717, 1.165) is 21.9 Å². The average Bonchev–Trinajstić information content (AvgIpc) is 3.24. The van der Waals surface area contributed by atoms with Crippen molar-refractivity contribution in [2.75, 3.05) is 24.3 Å². The third kappa shape index (κ3) is 2.59. The Morgan fingerprint density at radius 1 is 1.21 bits per heavy atom. The Morgan fingerprint density at radius 2 is 2.08 bits per heavy atom. The fraction of sp³-hybridized carbons (Fsp3) is 0.222. The standard InChI is InChI=1S/C18H18N4OS/c1-22(2)11-3-4-12-13(10-18(23)20-15(12)9-11)16-5-6-17(24-16)14-7-8-19-21-14/h3-9,13H,10H2,1-2H3,(H,19,21)(H,20,23). The number of carbonyl (C=O) groups is 1. The Hall–Kier alpha value is -2.60. The van der Waals surface area contributed by atoms with E-state index in [9.17, 15) is 4.79 Å². The fourth-order valence-corrected chi connectivity index (χ4v) is 4.17. The van der Waals surface area contributed by atoms with Crippen LogP contribution < -0.4 is 10.2 Å². The minimum Gasteiger partial charge on any atom is -0.378 e. The van der Waals surface area contributed by atoms with E-state index in [1.54, 1.807) is 17.5 Å². The molecule has 0 spiro atoms. The van der Waals surface area contributed by atoms with Crippen LogP contribution in [0.3, 0.4) is 0 Å². The highest BCUT2D eigenvalue weighted by atomic mass is 32.1. The van der Waals surface area contributed by atoms with Crippen LogP contribution in [0.5, 0.6) is 0 Å². The number of aromatic amines is 1. The molecule has 122 valence electrons. The molecule has 0 aliphatic carbocycles. The predicted octanol–water partition coefficient (Wildman–Crippen LogP) is 3.68. The lowest BCUT2D eigenvalue weighted by atomic mass is 9.89. The maximum absolute atomic E-state index is 12.2. The van der Waals surface area contributed by atoms with E-state index < -0.39 is 0 Å². The number of carbonyl (C=O) groups excluding carboxylic acids is 1. The number of hydrogen-bond acceptors (Lipinski definition) is 4. The summed E-state index contributed by atoms with van der Waals surface area (Å²) in [5.41, 5.74) is 4.19. The van der Waals surface area contributed by atoms with Crippen molar-refractivity contribution in [1.29, 1.82) is 0 Å². The monoisotopic (exact) mass is 338 g/mol. The molecule has 5 nitrogen and oxygen atoms in total. The Kier molecular flexibility index (Phi) is 3.61. The summed E-state index contributed by atoms with van der Waals surface area (Å²) < 4.78 is 0. The lowest BCUT2D eigenvalue weighted by Crippen LogP contribution is -2.23. The Morgan fingerprint density at radius 3 is 2.83 bits per heavy atom. The van der Waals surface area contributed by atoms with Crippen LogP contribution in [0.2, 0.25) is 0 Å². The molecule has 1 aliphatic heterocycles. The van der Waals surface area contributed by atoms with Crippen molar-refractivity contribution in [3.05, 3.63) is 53.0 Å². The summed E-state index contributed by atoms with van der Waals surface area (Å²) in [5.74, 6) is 0.173. The number of rotatable bonds is 3. The highest BCUT2D eigenvalue weighted by molar-refractivity contribution is 7.15. The molecule has 24 heavy (non-hydrogen) atoms. The van der Waals surface area contributed by atoms with Gasteiger partial charge in [-0.1, -0.05) is 6.07 Å². The molecule has 0 radical (unpaired) electrons. The van der Waals surface area contributed by atoms with Gasteiger partial charge in [-0.05, 0) is 35.9 Å². The van der Waals surface area contributed by atoms with Gasteiger partial charge in [-0.3, -0.25) is 9.89 Å². The van der Waals surface area contributed by atoms with Gasteiger partial charge in [0.05, 0.1) is 10.6 Å². The summed E-state index contributed by atoms with van der Waals surface area (Å²) in [7, 11) is 4.00. The fourth-order valence-electron chi connectivity index (χ4n) is 3.06. The first-order valence-corrected chi connectivity index (χ1v) is 8.64. The molecule has 0 bridgehead atoms. The molecule has 1 aromatic carbocycles. The highest BCUT2D eigenvalue weighted by Gasteiger charge is 2.28. The van der Waals surface area contributed by atoms with Crippen LogP contribution in [0.1, 0.15) is 22.8 Å². The van der Waals surface area contributed by atoms with Gasteiger partial charge in [0, 0.05) is 48.9 Å². The topological polar surface area (TPSA) is 61.0 Å². The second-order valence-electron chi connectivity index (χ2n) is 6.14. The van der Waals surface area contributed by atoms with Crippen LogP contribution in [-0.2, 0) is 4.79 Å². The summed E-state index contributed by atoms with van der Waals surface area (Å²) in [6, 6.07) is 12.4. The Labute approximate surface area is 144 Å². The van der Waals surface area contributed by atoms with E-state index in [1.165, 1.54) is 10.4 Å². The summed E-state index contributed by atoms with van der Waals surface area (Å²) in [4.78, 5) is 16.6. The van der Waals surface area contributed by atoms with Crippen molar-refractivity contribution in [1.82, 2.24) is 10.2 Å². The van der Waals surface area contributed by atoms with E-state index >= 15 is 0 Å². The van der Waals surface area contributed by atoms with Crippen LogP contribution in [0.25, 0.3) is 10.6 Å². The smallest absolute Gasteiger partial charge is 0.225 e. The number of fused-ring (bicyclic) bond motifs is 1. The number of aromatic nitrogens is 2. The van der Waals surface area contributed by atoms with E-state index in [-0.39, 0.29) is 11.8 Å². The van der Waals surface area contributed by atoms with Gasteiger partial charge in [0.2, 0.25) is 5.91 Å². The first-order chi connectivity index (χ1) is 11.6. The van der Waals surface area contributed by atoms with Crippen molar-refractivity contribution in [3.63, 3.8) is 0 Å². The first-order valence-electron chi connectivity index (χ1n) is 7.82. The lowest BCUT2D eigenvalue weighted by Gasteiger charge is -2.26. The van der Waals surface area contributed by atoms with E-state index in [4.69, 9.17) is 0 Å². The van der Waals surface area contributed by atoms with Gasteiger partial charge in [0.1, 0.15) is 0 Å². The second kappa shape index (κ2) is 5.79. The molecular weight excluding hydrogens is 320 g/mol. The van der Waals surface area contributed by atoms with Crippen LogP contribution in [0.15, 0.2) is 42.6 Å². The van der Waals surface area contributed by atoms with Gasteiger partial charge in [-0.2, -0.15) is 5.10 Å². The van der Waals surface area contributed by atoms with Crippen molar-refractivity contribution in [2.45, 2.75) is 12.3 Å². The van der Waals surface area contributed by atoms with Gasteiger partial charge < -0.3 is 10.2 Å². The molecule has 1 aliphatic rings. The summed E-state index contributed by atoms with van der Waals surface area (Å²) in [6.45, 7) is 0. The first kappa shape index (κ1) is 15.0. The number of hydrogen-bond donors (Lipinski definition) is 2. The van der Waals surface area contributed by atoms with Crippen molar-refractivity contribution in [3.8, 4) is 10.6 Å². The number of H-pyrrole nitrogens is 1. The van der Waals surface area contributed by atoms with Crippen LogP contribution in [0.4, 0.5) is 11.4 Å². The van der Waals surface area contributed by atoms with Gasteiger partial charge in [-0.15, -0.1) is 11.3 Å². The maximum Gasteiger partial charge on any atom is 0.225 e. The van der Waals surface area contributed by atoms with Gasteiger partial charge >= 0.3 is 0 Å². The average molecular weight is 338 g/mol. The van der Waals surface area contributed by atoms with E-state index in [1.807, 2.05) is 31.1 Å². The maximum atomic E-state index is 12.2. The van der Waals surface area contributed by atoms with Crippen LogP contribution in [-0.4, -0.2) is 30.2 Å². The largest absolute Gasteiger partial charge is 0.378 e. The van der Waals surface area contributed by atoms with Gasteiger partial charge in [0.25, 0.3) is 0 Å². The molecule has 3 heterocycles. The quantitative estimate of drug-likeness (QED) is 0.766. The third-order valence-electron chi connectivity index (χ3n) is 4.33. The number of thiophene rings is 1. The predicted molar refractivity (Wildman–Crippen MR) is 97.8 cm³/mol. The molecular formula is C18H18N4OS. The van der Waals surface area contributed by atoms with E-state index in [2.05, 4.69) is 39.8 Å². The van der Waals surface area contributed by atoms with Gasteiger partial charge in [-0.25, -0.2) is 0 Å². The second-order valence-corrected chi connectivity index (χ2v) is 7.26. The van der Waals surface area contributed by atoms with Crippen LogP contribution in [0, 0.1) is 0 Å². The molecule has 0 saturated carbocycles. The molecule has 6 heteroatoms. The molecule has 0 fully saturated rings. The molecule has 4 rings (SSSR count). The lowest BCUT2D eigenvalue weighted by molar-refractivity contribution is -0.116. The zero-order valence-electron chi connectivity index (χ0n) is 13.5. The number of amides is 1. The normalized spacial score (nSPS) is 16.6. The molecule has 1 unspecified atom stereocenters. The third-order valence-corrected chi connectivity index (χ3v) is 5.56. The summed E-state index contributed by atoms with van der Waals surface area (Å²) in [5, 5.41) is 10.0. The summed E-state index contributed by atoms with van der Waals surface area (Å²) in [6.07, 6.45) is 2.23. The molecule has 2 aromatic heterocycles. The van der Waals surface area contributed by atoms with Crippen LogP contribution >= 0.6 is 11.3 Å². The minimum atomic E-state index is 0.0693. The number of nitrogens with one attached hydrogen (secondary N) is 2. The van der Waals surface area contributed by atoms with Crippen molar-refractivity contribution < 1.29 is 4.79 Å².